The Hall–Kier alpha value is -1.60. The number of nitrogens with one attached hydrogen (secondary N) is 1. The van der Waals surface area contributed by atoms with Crippen LogP contribution in [0.3, 0.4) is 0 Å². The van der Waals surface area contributed by atoms with Gasteiger partial charge in [0.05, 0.1) is 6.61 Å². The van der Waals surface area contributed by atoms with E-state index in [4.69, 9.17) is 4.74 Å². The molecule has 1 heterocycles. The van der Waals surface area contributed by atoms with Gasteiger partial charge in [0.2, 0.25) is 5.13 Å². The van der Waals surface area contributed by atoms with Gasteiger partial charge in [-0.1, -0.05) is 43.9 Å². The minimum atomic E-state index is -0.195. The van der Waals surface area contributed by atoms with Crippen molar-refractivity contribution in [3.8, 4) is 5.75 Å². The number of hydrogen-bond donors (Lipinski definition) is 1. The molecule has 22 heavy (non-hydrogen) atoms. The largest absolute Gasteiger partial charge is 0.493 e. The third-order valence-corrected chi connectivity index (χ3v) is 4.45. The van der Waals surface area contributed by atoms with Crippen LogP contribution in [0.2, 0.25) is 0 Å². The maximum atomic E-state index is 12.1. The molecule has 118 valence electrons. The van der Waals surface area contributed by atoms with Crippen molar-refractivity contribution in [1.29, 1.82) is 0 Å². The SMILES string of the molecule is CCSc1nnc(NC(=O)c2ccc(OCC(C)C)cc2)s1. The molecule has 0 fully saturated rings. The maximum absolute atomic E-state index is 12.1. The maximum Gasteiger partial charge on any atom is 0.257 e. The average molecular weight is 337 g/mol. The smallest absolute Gasteiger partial charge is 0.257 e. The van der Waals surface area contributed by atoms with Gasteiger partial charge in [0.15, 0.2) is 4.34 Å². The van der Waals surface area contributed by atoms with Crippen LogP contribution in [-0.2, 0) is 0 Å². The summed E-state index contributed by atoms with van der Waals surface area (Å²) in [6.07, 6.45) is 0. The van der Waals surface area contributed by atoms with Gasteiger partial charge in [-0.2, -0.15) is 0 Å². The van der Waals surface area contributed by atoms with E-state index < -0.39 is 0 Å². The highest BCUT2D eigenvalue weighted by Crippen LogP contribution is 2.25. The van der Waals surface area contributed by atoms with Crippen LogP contribution in [0, 0.1) is 5.92 Å². The lowest BCUT2D eigenvalue weighted by molar-refractivity contribution is 0.102. The fourth-order valence-corrected chi connectivity index (χ4v) is 3.22. The standard InChI is InChI=1S/C15H19N3O2S2/c1-4-21-15-18-17-14(22-15)16-13(19)11-5-7-12(8-6-11)20-9-10(2)3/h5-8,10H,4,9H2,1-3H3,(H,16,17,19). The highest BCUT2D eigenvalue weighted by Gasteiger charge is 2.10. The lowest BCUT2D eigenvalue weighted by Gasteiger charge is -2.09. The van der Waals surface area contributed by atoms with E-state index in [0.29, 0.717) is 23.2 Å². The number of carbonyl (C=O) groups is 1. The third kappa shape index (κ3) is 4.99. The minimum Gasteiger partial charge on any atom is -0.493 e. The lowest BCUT2D eigenvalue weighted by atomic mass is 10.2. The van der Waals surface area contributed by atoms with Crippen molar-refractivity contribution >= 4 is 34.1 Å². The first kappa shape index (κ1) is 16.8. The van der Waals surface area contributed by atoms with E-state index >= 15 is 0 Å². The second-order valence-electron chi connectivity index (χ2n) is 4.99. The van der Waals surface area contributed by atoms with Gasteiger partial charge in [-0.05, 0) is 35.9 Å². The molecule has 0 atom stereocenters. The van der Waals surface area contributed by atoms with Crippen LogP contribution in [0.1, 0.15) is 31.1 Å². The van der Waals surface area contributed by atoms with Gasteiger partial charge in [-0.3, -0.25) is 10.1 Å². The summed E-state index contributed by atoms with van der Waals surface area (Å²) in [6, 6.07) is 7.09. The van der Waals surface area contributed by atoms with Gasteiger partial charge in [0.25, 0.3) is 5.91 Å². The number of benzene rings is 1. The van der Waals surface area contributed by atoms with Crippen LogP contribution in [-0.4, -0.2) is 28.5 Å². The fourth-order valence-electron chi connectivity index (χ4n) is 1.58. The molecule has 0 aliphatic carbocycles. The monoisotopic (exact) mass is 337 g/mol. The van der Waals surface area contributed by atoms with Gasteiger partial charge in [0.1, 0.15) is 5.75 Å². The number of anilines is 1. The molecule has 2 rings (SSSR count). The van der Waals surface area contributed by atoms with Crippen molar-refractivity contribution in [2.75, 3.05) is 17.7 Å². The Kier molecular flexibility index (Phi) is 6.21. The molecule has 1 N–H and O–H groups in total. The molecule has 0 unspecified atom stereocenters. The normalized spacial score (nSPS) is 10.7. The van der Waals surface area contributed by atoms with E-state index in [9.17, 15) is 4.79 Å². The van der Waals surface area contributed by atoms with E-state index in [1.807, 2.05) is 6.92 Å². The van der Waals surface area contributed by atoms with Crippen LogP contribution >= 0.6 is 23.1 Å². The zero-order chi connectivity index (χ0) is 15.9. The van der Waals surface area contributed by atoms with Gasteiger partial charge < -0.3 is 4.74 Å². The molecule has 0 saturated heterocycles. The summed E-state index contributed by atoms with van der Waals surface area (Å²) in [7, 11) is 0. The Morgan fingerprint density at radius 1 is 1.32 bits per heavy atom. The summed E-state index contributed by atoms with van der Waals surface area (Å²) >= 11 is 2.98. The summed E-state index contributed by atoms with van der Waals surface area (Å²) in [6.45, 7) is 6.89. The first-order chi connectivity index (χ1) is 10.6. The molecule has 0 spiro atoms. The van der Waals surface area contributed by atoms with Crippen LogP contribution in [0.4, 0.5) is 5.13 Å². The van der Waals surface area contributed by atoms with E-state index in [0.717, 1.165) is 15.8 Å². The number of carbonyl (C=O) groups excluding carboxylic acids is 1. The Labute approximate surface area is 138 Å². The molecular formula is C15H19N3O2S2. The van der Waals surface area contributed by atoms with E-state index in [1.54, 1.807) is 36.0 Å². The molecule has 0 aliphatic rings. The molecule has 1 aromatic heterocycles. The lowest BCUT2D eigenvalue weighted by Crippen LogP contribution is -2.11. The molecule has 0 saturated carbocycles. The summed E-state index contributed by atoms with van der Waals surface area (Å²) in [5.41, 5.74) is 0.566. The number of ether oxygens (including phenoxy) is 1. The number of aromatic nitrogens is 2. The molecule has 2 aromatic rings. The van der Waals surface area contributed by atoms with Crippen molar-refractivity contribution in [3.63, 3.8) is 0 Å². The summed E-state index contributed by atoms with van der Waals surface area (Å²) in [5.74, 6) is 1.97. The molecule has 5 nitrogen and oxygen atoms in total. The highest BCUT2D eigenvalue weighted by molar-refractivity contribution is 8.01. The number of thioether (sulfide) groups is 1. The van der Waals surface area contributed by atoms with Crippen molar-refractivity contribution in [2.45, 2.75) is 25.1 Å². The van der Waals surface area contributed by atoms with Crippen molar-refractivity contribution in [1.82, 2.24) is 10.2 Å². The number of nitrogens with zero attached hydrogens (tertiary/aromatic N) is 2. The van der Waals surface area contributed by atoms with Crippen LogP contribution in [0.5, 0.6) is 5.75 Å². The highest BCUT2D eigenvalue weighted by atomic mass is 32.2. The van der Waals surface area contributed by atoms with E-state index in [-0.39, 0.29) is 5.91 Å². The minimum absolute atomic E-state index is 0.195. The topological polar surface area (TPSA) is 64.1 Å². The van der Waals surface area contributed by atoms with Crippen molar-refractivity contribution in [3.05, 3.63) is 29.8 Å². The van der Waals surface area contributed by atoms with E-state index in [1.165, 1.54) is 11.3 Å². The molecular weight excluding hydrogens is 318 g/mol. The summed E-state index contributed by atoms with van der Waals surface area (Å²) in [4.78, 5) is 12.1. The van der Waals surface area contributed by atoms with E-state index in [2.05, 4.69) is 29.4 Å². The second kappa shape index (κ2) is 8.14. The molecule has 1 aromatic carbocycles. The summed E-state index contributed by atoms with van der Waals surface area (Å²) in [5, 5.41) is 11.2. The Bertz CT molecular complexity index is 612. The fraction of sp³-hybridized carbons (Fsp3) is 0.400. The number of rotatable bonds is 7. The molecule has 7 heteroatoms. The number of amides is 1. The van der Waals surface area contributed by atoms with Crippen molar-refractivity contribution in [2.24, 2.45) is 5.92 Å². The predicted octanol–water partition coefficient (Wildman–Crippen LogP) is 3.94. The van der Waals surface area contributed by atoms with Gasteiger partial charge >= 0.3 is 0 Å². The van der Waals surface area contributed by atoms with Gasteiger partial charge in [-0.15, -0.1) is 10.2 Å². The zero-order valence-electron chi connectivity index (χ0n) is 12.8. The predicted molar refractivity (Wildman–Crippen MR) is 91.0 cm³/mol. The molecule has 0 aliphatic heterocycles. The molecule has 0 bridgehead atoms. The first-order valence-electron chi connectivity index (χ1n) is 7.09. The summed E-state index contributed by atoms with van der Waals surface area (Å²) < 4.78 is 6.45. The van der Waals surface area contributed by atoms with Crippen LogP contribution in [0.25, 0.3) is 0 Å². The molecule has 0 radical (unpaired) electrons. The third-order valence-electron chi connectivity index (χ3n) is 2.59. The second-order valence-corrected chi connectivity index (χ2v) is 7.48. The Morgan fingerprint density at radius 2 is 2.05 bits per heavy atom. The zero-order valence-corrected chi connectivity index (χ0v) is 14.5. The Balaban J connectivity index is 1.94. The first-order valence-corrected chi connectivity index (χ1v) is 8.89. The molecule has 1 amide bonds. The number of hydrogen-bond acceptors (Lipinski definition) is 6. The van der Waals surface area contributed by atoms with Crippen LogP contribution in [0.15, 0.2) is 28.6 Å². The van der Waals surface area contributed by atoms with Crippen LogP contribution < -0.4 is 10.1 Å². The van der Waals surface area contributed by atoms with Gasteiger partial charge in [-0.25, -0.2) is 0 Å². The average Bonchev–Trinajstić information content (AvgIpc) is 2.93. The Morgan fingerprint density at radius 3 is 2.68 bits per heavy atom. The van der Waals surface area contributed by atoms with Gasteiger partial charge in [0, 0.05) is 5.56 Å². The quantitative estimate of drug-likeness (QED) is 0.612. The van der Waals surface area contributed by atoms with Crippen molar-refractivity contribution < 1.29 is 9.53 Å².